The second kappa shape index (κ2) is 7.21. The van der Waals surface area contributed by atoms with E-state index in [0.29, 0.717) is 12.1 Å². The summed E-state index contributed by atoms with van der Waals surface area (Å²) in [4.78, 5) is 0. The summed E-state index contributed by atoms with van der Waals surface area (Å²) in [6, 6.07) is 0.653. The van der Waals surface area contributed by atoms with Gasteiger partial charge in [-0.05, 0) is 39.7 Å². The van der Waals surface area contributed by atoms with E-state index in [4.69, 9.17) is 9.47 Å². The van der Waals surface area contributed by atoms with Gasteiger partial charge in [-0.3, -0.25) is 0 Å². The van der Waals surface area contributed by atoms with Crippen molar-refractivity contribution in [2.24, 2.45) is 0 Å². The third kappa shape index (κ3) is 4.94. The molecule has 0 radical (unpaired) electrons. The summed E-state index contributed by atoms with van der Waals surface area (Å²) in [5, 5.41) is 3.55. The average Bonchev–Trinajstić information content (AvgIpc) is 2.18. The number of rotatable bonds is 6. The highest BCUT2D eigenvalue weighted by atomic mass is 16.5. The van der Waals surface area contributed by atoms with E-state index >= 15 is 0 Å². The molecule has 1 N–H and O–H groups in total. The highest BCUT2D eigenvalue weighted by Gasteiger charge is 2.17. The zero-order valence-electron chi connectivity index (χ0n) is 9.42. The molecule has 0 saturated carbocycles. The Morgan fingerprint density at radius 2 is 2.36 bits per heavy atom. The van der Waals surface area contributed by atoms with E-state index in [-0.39, 0.29) is 0 Å². The van der Waals surface area contributed by atoms with Gasteiger partial charge in [0, 0.05) is 25.9 Å². The van der Waals surface area contributed by atoms with Gasteiger partial charge in [-0.2, -0.15) is 0 Å². The number of ether oxygens (including phenoxy) is 2. The van der Waals surface area contributed by atoms with Crippen molar-refractivity contribution in [3.8, 4) is 0 Å². The molecule has 0 aromatic carbocycles. The minimum atomic E-state index is 0.424. The Morgan fingerprint density at radius 3 is 3.07 bits per heavy atom. The van der Waals surface area contributed by atoms with Crippen molar-refractivity contribution in [1.29, 1.82) is 0 Å². The third-order valence-electron chi connectivity index (χ3n) is 2.59. The summed E-state index contributed by atoms with van der Waals surface area (Å²) in [6.07, 6.45) is 3.83. The molecule has 0 amide bonds. The summed E-state index contributed by atoms with van der Waals surface area (Å²) in [7, 11) is 0. The number of hydrogen-bond acceptors (Lipinski definition) is 3. The highest BCUT2D eigenvalue weighted by molar-refractivity contribution is 4.74. The predicted molar refractivity (Wildman–Crippen MR) is 57.5 cm³/mol. The van der Waals surface area contributed by atoms with Crippen LogP contribution in [0.4, 0.5) is 0 Å². The maximum Gasteiger partial charge on any atom is 0.0561 e. The molecule has 1 heterocycles. The molecule has 3 heteroatoms. The molecule has 1 rings (SSSR count). The molecular weight excluding hydrogens is 178 g/mol. The van der Waals surface area contributed by atoms with Gasteiger partial charge in [-0.25, -0.2) is 0 Å². The van der Waals surface area contributed by atoms with Crippen LogP contribution in [0.5, 0.6) is 0 Å². The van der Waals surface area contributed by atoms with Gasteiger partial charge in [0.25, 0.3) is 0 Å². The van der Waals surface area contributed by atoms with Crippen molar-refractivity contribution >= 4 is 0 Å². The molecule has 1 aliphatic rings. The smallest absolute Gasteiger partial charge is 0.0561 e. The summed E-state index contributed by atoms with van der Waals surface area (Å²) in [5.74, 6) is 0. The van der Waals surface area contributed by atoms with Crippen LogP contribution in [-0.2, 0) is 9.47 Å². The first-order chi connectivity index (χ1) is 6.83. The lowest BCUT2D eigenvalue weighted by atomic mass is 10.0. The van der Waals surface area contributed by atoms with E-state index in [9.17, 15) is 0 Å². The monoisotopic (exact) mass is 201 g/mol. The molecular formula is C11H23NO2. The van der Waals surface area contributed by atoms with Crippen molar-refractivity contribution in [2.75, 3.05) is 26.4 Å². The fourth-order valence-electron chi connectivity index (χ4n) is 1.81. The lowest BCUT2D eigenvalue weighted by Gasteiger charge is -2.28. The first-order valence-electron chi connectivity index (χ1n) is 5.75. The lowest BCUT2D eigenvalue weighted by molar-refractivity contribution is 0.0130. The van der Waals surface area contributed by atoms with Gasteiger partial charge >= 0.3 is 0 Å². The molecule has 0 aromatic heterocycles. The zero-order chi connectivity index (χ0) is 10.2. The van der Waals surface area contributed by atoms with Gasteiger partial charge in [0.15, 0.2) is 0 Å². The summed E-state index contributed by atoms with van der Waals surface area (Å²) in [5.41, 5.74) is 0. The molecule has 2 unspecified atom stereocenters. The summed E-state index contributed by atoms with van der Waals surface area (Å²) in [6.45, 7) is 7.86. The Bertz CT molecular complexity index is 141. The molecule has 1 fully saturated rings. The minimum absolute atomic E-state index is 0.424. The van der Waals surface area contributed by atoms with E-state index < -0.39 is 0 Å². The Balaban J connectivity index is 1.95. The Morgan fingerprint density at radius 1 is 1.50 bits per heavy atom. The van der Waals surface area contributed by atoms with Crippen LogP contribution in [0.3, 0.4) is 0 Å². The van der Waals surface area contributed by atoms with E-state index in [1.165, 1.54) is 0 Å². The van der Waals surface area contributed by atoms with Gasteiger partial charge in [-0.15, -0.1) is 0 Å². The average molecular weight is 201 g/mol. The second-order valence-corrected chi connectivity index (χ2v) is 3.91. The van der Waals surface area contributed by atoms with Crippen molar-refractivity contribution in [1.82, 2.24) is 5.32 Å². The molecule has 84 valence electrons. The van der Waals surface area contributed by atoms with E-state index in [1.807, 2.05) is 6.92 Å². The molecule has 14 heavy (non-hydrogen) atoms. The van der Waals surface area contributed by atoms with Crippen LogP contribution in [0.15, 0.2) is 0 Å². The molecule has 0 bridgehead atoms. The van der Waals surface area contributed by atoms with Crippen LogP contribution in [0, 0.1) is 0 Å². The van der Waals surface area contributed by atoms with Crippen molar-refractivity contribution in [3.05, 3.63) is 0 Å². The third-order valence-corrected chi connectivity index (χ3v) is 2.59. The molecule has 2 atom stereocenters. The minimum Gasteiger partial charge on any atom is -0.382 e. The maximum absolute atomic E-state index is 5.49. The number of nitrogens with one attached hydrogen (secondary N) is 1. The largest absolute Gasteiger partial charge is 0.382 e. The Labute approximate surface area is 87.2 Å². The van der Waals surface area contributed by atoms with Gasteiger partial charge in [0.2, 0.25) is 0 Å². The molecule has 0 spiro atoms. The quantitative estimate of drug-likeness (QED) is 0.662. The standard InChI is InChI=1S/C11H23NO2/c1-3-13-7-4-6-12-11-5-8-14-10(2)9-11/h10-12H,3-9H2,1-2H3. The van der Waals surface area contributed by atoms with Crippen LogP contribution in [0.25, 0.3) is 0 Å². The van der Waals surface area contributed by atoms with Crippen molar-refractivity contribution < 1.29 is 9.47 Å². The van der Waals surface area contributed by atoms with Crippen molar-refractivity contribution in [3.63, 3.8) is 0 Å². The van der Waals surface area contributed by atoms with Crippen LogP contribution < -0.4 is 5.32 Å². The van der Waals surface area contributed by atoms with Gasteiger partial charge in [0.1, 0.15) is 0 Å². The molecule has 3 nitrogen and oxygen atoms in total. The fraction of sp³-hybridized carbons (Fsp3) is 1.00. The number of hydrogen-bond donors (Lipinski definition) is 1. The van der Waals surface area contributed by atoms with Gasteiger partial charge < -0.3 is 14.8 Å². The van der Waals surface area contributed by atoms with Crippen LogP contribution >= 0.6 is 0 Å². The van der Waals surface area contributed by atoms with Gasteiger partial charge in [0.05, 0.1) is 6.10 Å². The van der Waals surface area contributed by atoms with Gasteiger partial charge in [-0.1, -0.05) is 0 Å². The topological polar surface area (TPSA) is 30.5 Å². The fourth-order valence-corrected chi connectivity index (χ4v) is 1.81. The highest BCUT2D eigenvalue weighted by Crippen LogP contribution is 2.12. The molecule has 1 saturated heterocycles. The van der Waals surface area contributed by atoms with E-state index in [0.717, 1.165) is 45.6 Å². The predicted octanol–water partition coefficient (Wildman–Crippen LogP) is 1.57. The van der Waals surface area contributed by atoms with Crippen LogP contribution in [-0.4, -0.2) is 38.5 Å². The molecule has 0 aromatic rings. The Hall–Kier alpha value is -0.120. The SMILES string of the molecule is CCOCCCNC1CCOC(C)C1. The van der Waals surface area contributed by atoms with E-state index in [2.05, 4.69) is 12.2 Å². The van der Waals surface area contributed by atoms with E-state index in [1.54, 1.807) is 0 Å². The zero-order valence-corrected chi connectivity index (χ0v) is 9.42. The normalized spacial score (nSPS) is 27.9. The van der Waals surface area contributed by atoms with Crippen LogP contribution in [0.1, 0.15) is 33.1 Å². The molecule has 0 aliphatic carbocycles. The lowest BCUT2D eigenvalue weighted by Crippen LogP contribution is -2.38. The summed E-state index contributed by atoms with van der Waals surface area (Å²) < 4.78 is 10.8. The van der Waals surface area contributed by atoms with Crippen LogP contribution in [0.2, 0.25) is 0 Å². The second-order valence-electron chi connectivity index (χ2n) is 3.91. The summed E-state index contributed by atoms with van der Waals surface area (Å²) >= 11 is 0. The maximum atomic E-state index is 5.49. The molecule has 1 aliphatic heterocycles. The first-order valence-corrected chi connectivity index (χ1v) is 5.75. The first kappa shape index (κ1) is 12.0. The van der Waals surface area contributed by atoms with Crippen molar-refractivity contribution in [2.45, 2.75) is 45.3 Å². The Kier molecular flexibility index (Phi) is 6.15.